The Morgan fingerprint density at radius 2 is 1.57 bits per heavy atom. The van der Waals surface area contributed by atoms with Gasteiger partial charge in [0.2, 0.25) is 23.6 Å². The highest BCUT2D eigenvalue weighted by Crippen LogP contribution is 2.20. The smallest absolute Gasteiger partial charge is 0.407 e. The molecule has 46 heavy (non-hydrogen) atoms. The highest BCUT2D eigenvalue weighted by molar-refractivity contribution is 5.95. The third kappa shape index (κ3) is 16.2. The molecule has 16 nitrogen and oxygen atoms in total. The van der Waals surface area contributed by atoms with Crippen molar-refractivity contribution in [3.63, 3.8) is 0 Å². The summed E-state index contributed by atoms with van der Waals surface area (Å²) >= 11 is 0. The van der Waals surface area contributed by atoms with Gasteiger partial charge >= 0.3 is 12.1 Å². The average molecular weight is 660 g/mol. The van der Waals surface area contributed by atoms with Gasteiger partial charge in [-0.05, 0) is 39.0 Å². The number of likely N-dealkylation sites (tertiary alicyclic amines) is 1. The van der Waals surface area contributed by atoms with Crippen molar-refractivity contribution in [3.8, 4) is 0 Å². The van der Waals surface area contributed by atoms with Gasteiger partial charge in [-0.3, -0.25) is 19.2 Å². The molecule has 0 bridgehead atoms. The molecule has 1 fully saturated rings. The molecule has 0 aromatic heterocycles. The number of rotatable bonds is 23. The Morgan fingerprint density at radius 1 is 0.957 bits per heavy atom. The van der Waals surface area contributed by atoms with Crippen molar-refractivity contribution in [1.29, 1.82) is 0 Å². The zero-order chi connectivity index (χ0) is 34.7. The lowest BCUT2D eigenvalue weighted by Gasteiger charge is -2.29. The number of aliphatic carboxylic acids is 1. The first-order chi connectivity index (χ1) is 21.7. The lowest BCUT2D eigenvalue weighted by atomic mass is 10.0. The topological polar surface area (TPSA) is 225 Å². The normalized spacial score (nSPS) is 16.0. The first-order valence-corrected chi connectivity index (χ1v) is 15.8. The van der Waals surface area contributed by atoms with Crippen LogP contribution in [0.1, 0.15) is 73.1 Å². The van der Waals surface area contributed by atoms with E-state index in [1.54, 1.807) is 13.8 Å². The molecule has 6 N–H and O–H groups in total. The third-order valence-corrected chi connectivity index (χ3v) is 7.06. The summed E-state index contributed by atoms with van der Waals surface area (Å²) < 4.78 is 21.6. The number of carboxylic acid groups (broad SMARTS) is 1. The Balaban J connectivity index is 2.33. The van der Waals surface area contributed by atoms with E-state index in [2.05, 4.69) is 16.0 Å². The third-order valence-electron chi connectivity index (χ3n) is 7.06. The zero-order valence-corrected chi connectivity index (χ0v) is 27.8. The molecular formula is C30H53N5O11. The van der Waals surface area contributed by atoms with Crippen LogP contribution in [0.5, 0.6) is 0 Å². The Kier molecular flexibility index (Phi) is 18.8. The quantitative estimate of drug-likeness (QED) is 0.0938. The number of alkyl carbamates (subject to hydrolysis) is 1. The maximum absolute atomic E-state index is 13.3. The molecule has 1 aliphatic heterocycles. The molecule has 0 aliphatic carbocycles. The van der Waals surface area contributed by atoms with E-state index in [4.69, 9.17) is 24.7 Å². The minimum absolute atomic E-state index is 0.0283. The minimum atomic E-state index is -1.28. The van der Waals surface area contributed by atoms with Gasteiger partial charge in [0.15, 0.2) is 0 Å². The van der Waals surface area contributed by atoms with Crippen molar-refractivity contribution < 1.29 is 52.8 Å². The maximum atomic E-state index is 13.3. The molecule has 0 aromatic rings. The summed E-state index contributed by atoms with van der Waals surface area (Å²) in [6.07, 6.45) is 1.43. The molecule has 1 rings (SSSR count). The molecule has 16 heteroatoms. The molecule has 0 aromatic carbocycles. The number of nitrogens with one attached hydrogen (secondary N) is 3. The van der Waals surface area contributed by atoms with Crippen LogP contribution in [0, 0.1) is 5.92 Å². The number of carbonyl (C=O) groups excluding carboxylic acids is 5. The maximum Gasteiger partial charge on any atom is 0.407 e. The summed E-state index contributed by atoms with van der Waals surface area (Å²) in [5, 5.41) is 17.0. The second-order valence-corrected chi connectivity index (χ2v) is 12.0. The number of primary amides is 1. The highest BCUT2D eigenvalue weighted by atomic mass is 16.6. The Morgan fingerprint density at radius 3 is 2.13 bits per heavy atom. The standard InChI is InChI=1S/C30H53N5O11/c1-6-10-30(4,5)46-29(42)32-11-14-44-16-18-45-17-15-43-13-9-24(37)33-21(19-23(31)36)27(39)35-12-7-8-22(35)26(38)34-25(20(2)3)28(40)41/h20-22,25H,6-19H2,1-5H3,(H2,31,36)(H,32,42)(H,33,37)(H,34,38)(H,40,41)/t21-,22-,25-/m0/s1. The first-order valence-electron chi connectivity index (χ1n) is 15.8. The van der Waals surface area contributed by atoms with Crippen LogP contribution in [-0.2, 0) is 42.9 Å². The number of carboxylic acids is 1. The lowest BCUT2D eigenvalue weighted by Crippen LogP contribution is -2.56. The van der Waals surface area contributed by atoms with Crippen molar-refractivity contribution in [2.24, 2.45) is 11.7 Å². The van der Waals surface area contributed by atoms with Gasteiger partial charge in [-0.25, -0.2) is 9.59 Å². The predicted molar refractivity (Wildman–Crippen MR) is 165 cm³/mol. The van der Waals surface area contributed by atoms with Gasteiger partial charge in [-0.15, -0.1) is 0 Å². The van der Waals surface area contributed by atoms with Crippen LogP contribution in [0.3, 0.4) is 0 Å². The van der Waals surface area contributed by atoms with E-state index in [0.717, 1.165) is 12.8 Å². The fraction of sp³-hybridized carbons (Fsp3) is 0.800. The number of nitrogens with zero attached hydrogens (tertiary/aromatic N) is 1. The van der Waals surface area contributed by atoms with Gasteiger partial charge in [0, 0.05) is 19.5 Å². The molecule has 0 spiro atoms. The summed E-state index contributed by atoms with van der Waals surface area (Å²) in [6.45, 7) is 11.0. The van der Waals surface area contributed by atoms with Crippen molar-refractivity contribution in [2.75, 3.05) is 52.7 Å². The molecule has 1 saturated heterocycles. The lowest BCUT2D eigenvalue weighted by molar-refractivity contribution is -0.146. The van der Waals surface area contributed by atoms with Gasteiger partial charge in [0.05, 0.1) is 46.1 Å². The summed E-state index contributed by atoms with van der Waals surface area (Å²) in [5.74, 6) is -4.19. The average Bonchev–Trinajstić information content (AvgIpc) is 3.45. The van der Waals surface area contributed by atoms with Crippen LogP contribution in [0.15, 0.2) is 0 Å². The van der Waals surface area contributed by atoms with E-state index in [9.17, 15) is 33.9 Å². The molecule has 0 unspecified atom stereocenters. The van der Waals surface area contributed by atoms with Crippen molar-refractivity contribution in [3.05, 3.63) is 0 Å². The van der Waals surface area contributed by atoms with E-state index in [1.807, 2.05) is 20.8 Å². The number of hydrogen-bond acceptors (Lipinski definition) is 10. The second kappa shape index (κ2) is 21.3. The van der Waals surface area contributed by atoms with Gasteiger partial charge < -0.3 is 50.6 Å². The number of ether oxygens (including phenoxy) is 4. The minimum Gasteiger partial charge on any atom is -0.480 e. The second-order valence-electron chi connectivity index (χ2n) is 12.0. The zero-order valence-electron chi connectivity index (χ0n) is 27.8. The van der Waals surface area contributed by atoms with Gasteiger partial charge in [-0.2, -0.15) is 0 Å². The summed E-state index contributed by atoms with van der Waals surface area (Å²) in [7, 11) is 0. The van der Waals surface area contributed by atoms with Crippen molar-refractivity contribution in [1.82, 2.24) is 20.9 Å². The molecule has 1 aliphatic rings. The molecule has 3 atom stereocenters. The Hall–Kier alpha value is -3.50. The van der Waals surface area contributed by atoms with Crippen LogP contribution >= 0.6 is 0 Å². The number of nitrogens with two attached hydrogens (primary N) is 1. The van der Waals surface area contributed by atoms with Crippen LogP contribution in [0.4, 0.5) is 4.79 Å². The number of amides is 5. The molecule has 0 saturated carbocycles. The number of carbonyl (C=O) groups is 6. The van der Waals surface area contributed by atoms with Crippen LogP contribution in [0.25, 0.3) is 0 Å². The summed E-state index contributed by atoms with van der Waals surface area (Å²) in [4.78, 5) is 74.9. The van der Waals surface area contributed by atoms with Crippen LogP contribution in [-0.4, -0.2) is 122 Å². The number of hydrogen-bond donors (Lipinski definition) is 5. The van der Waals surface area contributed by atoms with Crippen molar-refractivity contribution >= 4 is 35.7 Å². The van der Waals surface area contributed by atoms with E-state index in [0.29, 0.717) is 39.2 Å². The Labute approximate surface area is 270 Å². The molecule has 264 valence electrons. The largest absolute Gasteiger partial charge is 0.480 e. The van der Waals surface area contributed by atoms with Crippen LogP contribution < -0.4 is 21.7 Å². The van der Waals surface area contributed by atoms with E-state index < -0.39 is 65.8 Å². The monoisotopic (exact) mass is 659 g/mol. The van der Waals surface area contributed by atoms with E-state index in [-0.39, 0.29) is 38.7 Å². The fourth-order valence-electron chi connectivity index (χ4n) is 4.81. The molecule has 0 radical (unpaired) electrons. The predicted octanol–water partition coefficient (Wildman–Crippen LogP) is 0.308. The van der Waals surface area contributed by atoms with Gasteiger partial charge in [-0.1, -0.05) is 27.2 Å². The Bertz CT molecular complexity index is 1010. The van der Waals surface area contributed by atoms with Gasteiger partial charge in [0.1, 0.15) is 23.7 Å². The molecule has 1 heterocycles. The van der Waals surface area contributed by atoms with Crippen LogP contribution in [0.2, 0.25) is 0 Å². The SMILES string of the molecule is CCCC(C)(C)OC(=O)NCCOCCOCCOCCC(=O)N[C@@H](CC(N)=O)C(=O)N1CCC[C@H]1C(=O)N[C@H](C(=O)O)C(C)C. The van der Waals surface area contributed by atoms with E-state index >= 15 is 0 Å². The highest BCUT2D eigenvalue weighted by Gasteiger charge is 2.39. The fourth-order valence-corrected chi connectivity index (χ4v) is 4.81. The summed E-state index contributed by atoms with van der Waals surface area (Å²) in [5.41, 5.74) is 4.79. The molecule has 5 amide bonds. The van der Waals surface area contributed by atoms with Gasteiger partial charge in [0.25, 0.3) is 0 Å². The summed E-state index contributed by atoms with van der Waals surface area (Å²) in [6, 6.07) is -3.34. The van der Waals surface area contributed by atoms with E-state index in [1.165, 1.54) is 4.90 Å². The molecular weight excluding hydrogens is 606 g/mol. The van der Waals surface area contributed by atoms with Crippen molar-refractivity contribution in [2.45, 2.75) is 96.9 Å². The first kappa shape index (κ1) is 40.5.